The van der Waals surface area contributed by atoms with Crippen molar-refractivity contribution in [3.05, 3.63) is 35.5 Å². The van der Waals surface area contributed by atoms with E-state index in [0.29, 0.717) is 18.1 Å². The molecule has 1 unspecified atom stereocenters. The summed E-state index contributed by atoms with van der Waals surface area (Å²) in [6.45, 7) is 7.66. The minimum absolute atomic E-state index is 0.00756. The SMILES string of the molecule is CCOC(CC(=O)OC(C)(C)C)C1=N/C(=C\c2ccc(N(C)C)cc2)C(=O)N1C. The van der Waals surface area contributed by atoms with Gasteiger partial charge in [-0.1, -0.05) is 12.1 Å². The highest BCUT2D eigenvalue weighted by molar-refractivity contribution is 6.15. The number of aliphatic imine (C=N–C) groups is 1. The first-order chi connectivity index (χ1) is 13.5. The molecule has 1 heterocycles. The van der Waals surface area contributed by atoms with Crippen molar-refractivity contribution < 1.29 is 19.1 Å². The number of likely N-dealkylation sites (N-methyl/N-ethyl adjacent to an activating group) is 1. The lowest BCUT2D eigenvalue weighted by molar-refractivity contribution is -0.157. The van der Waals surface area contributed by atoms with Gasteiger partial charge < -0.3 is 14.4 Å². The molecule has 0 spiro atoms. The van der Waals surface area contributed by atoms with Crippen molar-refractivity contribution in [2.24, 2.45) is 4.99 Å². The summed E-state index contributed by atoms with van der Waals surface area (Å²) in [5, 5.41) is 0. The fraction of sp³-hybridized carbons (Fsp3) is 0.500. The van der Waals surface area contributed by atoms with Gasteiger partial charge in [-0.05, 0) is 51.5 Å². The Morgan fingerprint density at radius 3 is 2.38 bits per heavy atom. The average molecular weight is 402 g/mol. The van der Waals surface area contributed by atoms with Crippen LogP contribution >= 0.6 is 0 Å². The first kappa shape index (κ1) is 22.6. The van der Waals surface area contributed by atoms with Crippen molar-refractivity contribution in [1.29, 1.82) is 0 Å². The summed E-state index contributed by atoms with van der Waals surface area (Å²) < 4.78 is 11.1. The number of rotatable bonds is 7. The molecule has 7 heteroatoms. The van der Waals surface area contributed by atoms with Crippen molar-refractivity contribution in [1.82, 2.24) is 4.90 Å². The van der Waals surface area contributed by atoms with Gasteiger partial charge in [0.05, 0.1) is 6.42 Å². The van der Waals surface area contributed by atoms with Gasteiger partial charge in [-0.15, -0.1) is 0 Å². The van der Waals surface area contributed by atoms with Crippen LogP contribution in [-0.2, 0) is 19.1 Å². The Morgan fingerprint density at radius 1 is 1.24 bits per heavy atom. The molecule has 1 aromatic rings. The summed E-state index contributed by atoms with van der Waals surface area (Å²) in [4.78, 5) is 32.9. The smallest absolute Gasteiger partial charge is 0.309 e. The minimum atomic E-state index is -0.647. The molecule has 1 aliphatic heterocycles. The number of anilines is 1. The lowest BCUT2D eigenvalue weighted by Gasteiger charge is -2.24. The molecule has 0 radical (unpaired) electrons. The van der Waals surface area contributed by atoms with Gasteiger partial charge in [-0.2, -0.15) is 0 Å². The Morgan fingerprint density at radius 2 is 1.86 bits per heavy atom. The molecule has 158 valence electrons. The molecular formula is C22H31N3O4. The first-order valence-electron chi connectivity index (χ1n) is 9.71. The zero-order valence-corrected chi connectivity index (χ0v) is 18.4. The van der Waals surface area contributed by atoms with Crippen molar-refractivity contribution in [2.75, 3.05) is 32.6 Å². The van der Waals surface area contributed by atoms with E-state index in [-0.39, 0.29) is 12.3 Å². The third-order valence-electron chi connectivity index (χ3n) is 4.24. The molecule has 0 N–H and O–H groups in total. The van der Waals surface area contributed by atoms with Crippen molar-refractivity contribution in [3.8, 4) is 0 Å². The molecule has 0 saturated heterocycles. The van der Waals surface area contributed by atoms with Crippen LogP contribution in [0.1, 0.15) is 39.7 Å². The number of carbonyl (C=O) groups excluding carboxylic acids is 2. The van der Waals surface area contributed by atoms with E-state index in [9.17, 15) is 9.59 Å². The standard InChI is InChI=1S/C22H31N3O4/c1-8-28-18(14-19(26)29-22(2,3)4)20-23-17(21(27)25(20)7)13-15-9-11-16(12-10-15)24(5)6/h9-13,18H,8,14H2,1-7H3/b17-13-. The number of carbonyl (C=O) groups is 2. The lowest BCUT2D eigenvalue weighted by atomic mass is 10.1. The average Bonchev–Trinajstić information content (AvgIpc) is 2.88. The number of benzene rings is 1. The quantitative estimate of drug-likeness (QED) is 0.519. The second kappa shape index (κ2) is 9.22. The van der Waals surface area contributed by atoms with Gasteiger partial charge in [-0.3, -0.25) is 14.5 Å². The molecule has 0 saturated carbocycles. The third-order valence-corrected chi connectivity index (χ3v) is 4.24. The second-order valence-electron chi connectivity index (χ2n) is 8.08. The normalized spacial score (nSPS) is 16.8. The zero-order valence-electron chi connectivity index (χ0n) is 18.4. The van der Waals surface area contributed by atoms with Gasteiger partial charge >= 0.3 is 5.97 Å². The molecule has 0 fully saturated rings. The van der Waals surface area contributed by atoms with Gasteiger partial charge in [0.25, 0.3) is 5.91 Å². The highest BCUT2D eigenvalue weighted by Crippen LogP contribution is 2.22. The number of amides is 1. The van der Waals surface area contributed by atoms with Crippen molar-refractivity contribution in [2.45, 2.75) is 45.8 Å². The molecule has 2 rings (SSSR count). The predicted octanol–water partition coefficient (Wildman–Crippen LogP) is 3.10. The highest BCUT2D eigenvalue weighted by atomic mass is 16.6. The van der Waals surface area contributed by atoms with Crippen LogP contribution in [-0.4, -0.2) is 62.1 Å². The highest BCUT2D eigenvalue weighted by Gasteiger charge is 2.34. The van der Waals surface area contributed by atoms with Gasteiger partial charge in [0.2, 0.25) is 0 Å². The van der Waals surface area contributed by atoms with Crippen LogP contribution in [0.4, 0.5) is 5.69 Å². The Hall–Kier alpha value is -2.67. The van der Waals surface area contributed by atoms with Crippen molar-refractivity contribution >= 4 is 29.5 Å². The Kier molecular flexibility index (Phi) is 7.19. The first-order valence-corrected chi connectivity index (χ1v) is 9.71. The van der Waals surface area contributed by atoms with Crippen LogP contribution in [0.15, 0.2) is 35.0 Å². The van der Waals surface area contributed by atoms with E-state index >= 15 is 0 Å². The Balaban J connectivity index is 2.25. The molecule has 0 aromatic heterocycles. The minimum Gasteiger partial charge on any atom is -0.460 e. The number of ether oxygens (including phenoxy) is 2. The summed E-state index contributed by atoms with van der Waals surface area (Å²) in [5.41, 5.74) is 1.67. The van der Waals surface area contributed by atoms with E-state index in [1.807, 2.05) is 71.0 Å². The Bertz CT molecular complexity index is 804. The summed E-state index contributed by atoms with van der Waals surface area (Å²) in [7, 11) is 5.58. The van der Waals surface area contributed by atoms with E-state index < -0.39 is 17.7 Å². The maximum Gasteiger partial charge on any atom is 0.309 e. The van der Waals surface area contributed by atoms with E-state index in [0.717, 1.165) is 11.3 Å². The van der Waals surface area contributed by atoms with Crippen LogP contribution < -0.4 is 4.90 Å². The number of hydrogen-bond donors (Lipinski definition) is 0. The molecule has 1 atom stereocenters. The summed E-state index contributed by atoms with van der Waals surface area (Å²) >= 11 is 0. The molecule has 0 aliphatic carbocycles. The summed E-state index contributed by atoms with van der Waals surface area (Å²) in [6.07, 6.45) is 1.08. The Labute approximate surface area is 173 Å². The maximum atomic E-state index is 12.7. The van der Waals surface area contributed by atoms with Gasteiger partial charge in [-0.25, -0.2) is 4.99 Å². The van der Waals surface area contributed by atoms with Crippen LogP contribution in [0.25, 0.3) is 6.08 Å². The molecule has 7 nitrogen and oxygen atoms in total. The zero-order chi connectivity index (χ0) is 21.8. The predicted molar refractivity (Wildman–Crippen MR) is 115 cm³/mol. The van der Waals surface area contributed by atoms with Crippen LogP contribution in [0, 0.1) is 0 Å². The number of nitrogens with zero attached hydrogens (tertiary/aromatic N) is 3. The van der Waals surface area contributed by atoms with E-state index in [4.69, 9.17) is 9.47 Å². The largest absolute Gasteiger partial charge is 0.460 e. The summed E-state index contributed by atoms with van der Waals surface area (Å²) in [6, 6.07) is 7.82. The van der Waals surface area contributed by atoms with Gasteiger partial charge in [0.1, 0.15) is 23.2 Å². The topological polar surface area (TPSA) is 71.4 Å². The molecular weight excluding hydrogens is 370 g/mol. The second-order valence-corrected chi connectivity index (χ2v) is 8.08. The van der Waals surface area contributed by atoms with Crippen LogP contribution in [0.3, 0.4) is 0 Å². The molecule has 29 heavy (non-hydrogen) atoms. The van der Waals surface area contributed by atoms with Crippen LogP contribution in [0.5, 0.6) is 0 Å². The van der Waals surface area contributed by atoms with E-state index in [1.165, 1.54) is 4.90 Å². The number of amidine groups is 1. The molecule has 1 aliphatic rings. The molecule has 1 aromatic carbocycles. The number of esters is 1. The fourth-order valence-corrected chi connectivity index (χ4v) is 2.89. The lowest BCUT2D eigenvalue weighted by Crippen LogP contribution is -2.40. The molecule has 1 amide bonds. The van der Waals surface area contributed by atoms with E-state index in [1.54, 1.807) is 13.1 Å². The monoisotopic (exact) mass is 401 g/mol. The number of hydrogen-bond acceptors (Lipinski definition) is 6. The van der Waals surface area contributed by atoms with Crippen LogP contribution in [0.2, 0.25) is 0 Å². The third kappa shape index (κ3) is 6.15. The fourth-order valence-electron chi connectivity index (χ4n) is 2.89. The summed E-state index contributed by atoms with van der Waals surface area (Å²) in [5.74, 6) is -0.208. The van der Waals surface area contributed by atoms with Crippen molar-refractivity contribution in [3.63, 3.8) is 0 Å². The molecule has 0 bridgehead atoms. The van der Waals surface area contributed by atoms with Gasteiger partial charge in [0, 0.05) is 33.4 Å². The van der Waals surface area contributed by atoms with E-state index in [2.05, 4.69) is 4.99 Å². The maximum absolute atomic E-state index is 12.7. The van der Waals surface area contributed by atoms with Gasteiger partial charge in [0.15, 0.2) is 0 Å².